The monoisotopic (exact) mass is 329 g/mol. The van der Waals surface area contributed by atoms with Crippen molar-refractivity contribution < 1.29 is 9.90 Å². The highest BCUT2D eigenvalue weighted by Gasteiger charge is 2.50. The molecular weight excluding hydrogens is 321 g/mol. The van der Waals surface area contributed by atoms with Gasteiger partial charge in [0.05, 0.1) is 21.3 Å². The first-order valence-corrected chi connectivity index (χ1v) is 7.18. The van der Waals surface area contributed by atoms with Crippen LogP contribution in [0.15, 0.2) is 12.1 Å². The first kappa shape index (κ1) is 13.6. The van der Waals surface area contributed by atoms with E-state index in [1.807, 2.05) is 0 Å². The number of amides is 1. The van der Waals surface area contributed by atoms with Gasteiger partial charge in [0.15, 0.2) is 5.13 Å². The zero-order valence-corrected chi connectivity index (χ0v) is 12.5. The Hall–Kier alpha value is -1.34. The van der Waals surface area contributed by atoms with E-state index in [9.17, 15) is 9.90 Å². The predicted molar refractivity (Wildman–Crippen MR) is 79.4 cm³/mol. The molecule has 1 amide bonds. The van der Waals surface area contributed by atoms with E-state index in [-0.39, 0.29) is 10.2 Å². The molecule has 2 aromatic rings. The van der Waals surface area contributed by atoms with Crippen LogP contribution >= 0.6 is 34.5 Å². The number of nitrogen functional groups attached to an aromatic ring is 1. The lowest BCUT2D eigenvalue weighted by Gasteiger charge is -2.20. The van der Waals surface area contributed by atoms with Crippen molar-refractivity contribution in [3.63, 3.8) is 0 Å². The van der Waals surface area contributed by atoms with Crippen molar-refractivity contribution in [1.29, 1.82) is 0 Å². The van der Waals surface area contributed by atoms with Crippen LogP contribution in [-0.2, 0) is 10.4 Å². The molecule has 0 saturated heterocycles. The van der Waals surface area contributed by atoms with Crippen molar-refractivity contribution in [1.82, 2.24) is 4.98 Å². The molecule has 4 N–H and O–H groups in total. The Balaban J connectivity index is 2.31. The summed E-state index contributed by atoms with van der Waals surface area (Å²) < 4.78 is 0. The van der Waals surface area contributed by atoms with Gasteiger partial charge in [0, 0.05) is 10.6 Å². The molecule has 1 aromatic heterocycles. The summed E-state index contributed by atoms with van der Waals surface area (Å²) in [7, 11) is 0. The SMILES string of the molecule is Cc1nc(N)sc1C1(O)C(=O)Nc2c(Cl)cc(Cl)cc21. The molecule has 0 bridgehead atoms. The van der Waals surface area contributed by atoms with Crippen molar-refractivity contribution in [2.75, 3.05) is 11.1 Å². The van der Waals surface area contributed by atoms with Crippen LogP contribution in [0.2, 0.25) is 10.0 Å². The van der Waals surface area contributed by atoms with Gasteiger partial charge in [-0.15, -0.1) is 0 Å². The number of hydrogen-bond donors (Lipinski definition) is 3. The van der Waals surface area contributed by atoms with Gasteiger partial charge in [-0.25, -0.2) is 4.98 Å². The molecule has 1 aliphatic rings. The molecule has 0 radical (unpaired) electrons. The number of halogens is 2. The molecule has 20 heavy (non-hydrogen) atoms. The highest BCUT2D eigenvalue weighted by atomic mass is 35.5. The Morgan fingerprint density at radius 1 is 1.45 bits per heavy atom. The van der Waals surface area contributed by atoms with Gasteiger partial charge >= 0.3 is 0 Å². The van der Waals surface area contributed by atoms with E-state index in [0.717, 1.165) is 11.3 Å². The normalized spacial score (nSPS) is 20.9. The Labute approximate surface area is 128 Å². The molecular formula is C12H9Cl2N3O2S. The quantitative estimate of drug-likeness (QED) is 0.750. The molecule has 8 heteroatoms. The standard InChI is InChI=1S/C12H9Cl2N3O2S/c1-4-9(20-11(15)16-4)12(19)6-2-5(13)3-7(14)8(6)17-10(12)18/h2-3,19H,1H3,(H2,15,16)(H,17,18). The van der Waals surface area contributed by atoms with Gasteiger partial charge in [-0.2, -0.15) is 0 Å². The van der Waals surface area contributed by atoms with Crippen LogP contribution in [0.5, 0.6) is 0 Å². The maximum absolute atomic E-state index is 12.3. The van der Waals surface area contributed by atoms with Crippen LogP contribution in [0.4, 0.5) is 10.8 Å². The van der Waals surface area contributed by atoms with Crippen LogP contribution in [0.1, 0.15) is 16.1 Å². The highest BCUT2D eigenvalue weighted by Crippen LogP contribution is 2.48. The van der Waals surface area contributed by atoms with Crippen LogP contribution in [0.3, 0.4) is 0 Å². The molecule has 0 aliphatic carbocycles. The van der Waals surface area contributed by atoms with Gasteiger partial charge in [-0.05, 0) is 19.1 Å². The Morgan fingerprint density at radius 2 is 2.15 bits per heavy atom. The third-order valence-electron chi connectivity index (χ3n) is 3.15. The minimum absolute atomic E-state index is 0.270. The molecule has 5 nitrogen and oxygen atoms in total. The van der Waals surface area contributed by atoms with Crippen molar-refractivity contribution >= 4 is 51.3 Å². The molecule has 2 heterocycles. The summed E-state index contributed by atoms with van der Waals surface area (Å²) in [5.74, 6) is -0.594. The largest absolute Gasteiger partial charge is 0.375 e. The highest BCUT2D eigenvalue weighted by molar-refractivity contribution is 7.15. The number of fused-ring (bicyclic) bond motifs is 1. The fourth-order valence-electron chi connectivity index (χ4n) is 2.29. The Bertz CT molecular complexity index is 747. The van der Waals surface area contributed by atoms with Crippen LogP contribution in [0, 0.1) is 6.92 Å². The molecule has 1 aliphatic heterocycles. The fourth-order valence-corrected chi connectivity index (χ4v) is 3.77. The minimum atomic E-state index is -1.87. The summed E-state index contributed by atoms with van der Waals surface area (Å²) in [5, 5.41) is 14.4. The van der Waals surface area contributed by atoms with Crippen LogP contribution in [-0.4, -0.2) is 16.0 Å². The fraction of sp³-hybridized carbons (Fsp3) is 0.167. The van der Waals surface area contributed by atoms with Gasteiger partial charge in [0.25, 0.3) is 5.91 Å². The second-order valence-electron chi connectivity index (χ2n) is 4.44. The smallest absolute Gasteiger partial charge is 0.266 e. The van der Waals surface area contributed by atoms with E-state index >= 15 is 0 Å². The first-order valence-electron chi connectivity index (χ1n) is 5.60. The summed E-state index contributed by atoms with van der Waals surface area (Å²) in [6.45, 7) is 1.68. The van der Waals surface area contributed by atoms with Crippen molar-refractivity contribution in [2.45, 2.75) is 12.5 Å². The number of aryl methyl sites for hydroxylation is 1. The molecule has 0 fully saturated rings. The molecule has 1 aromatic carbocycles. The van der Waals surface area contributed by atoms with E-state index in [1.54, 1.807) is 6.92 Å². The van der Waals surface area contributed by atoms with E-state index in [2.05, 4.69) is 10.3 Å². The number of hydrogen-bond acceptors (Lipinski definition) is 5. The summed E-state index contributed by atoms with van der Waals surface area (Å²) in [4.78, 5) is 16.7. The Morgan fingerprint density at radius 3 is 2.75 bits per heavy atom. The topological polar surface area (TPSA) is 88.2 Å². The lowest BCUT2D eigenvalue weighted by Crippen LogP contribution is -2.35. The van der Waals surface area contributed by atoms with Gasteiger partial charge in [0.1, 0.15) is 0 Å². The number of carbonyl (C=O) groups excluding carboxylic acids is 1. The average molecular weight is 330 g/mol. The average Bonchev–Trinajstić information content (AvgIpc) is 2.81. The van der Waals surface area contributed by atoms with E-state index in [4.69, 9.17) is 28.9 Å². The van der Waals surface area contributed by atoms with Crippen LogP contribution in [0.25, 0.3) is 0 Å². The van der Waals surface area contributed by atoms with E-state index in [0.29, 0.717) is 26.8 Å². The molecule has 1 atom stereocenters. The molecule has 1 unspecified atom stereocenters. The maximum Gasteiger partial charge on any atom is 0.266 e. The van der Waals surface area contributed by atoms with Gasteiger partial charge in [-0.3, -0.25) is 4.79 Å². The summed E-state index contributed by atoms with van der Waals surface area (Å²) >= 11 is 13.1. The number of thiazole rings is 1. The first-order chi connectivity index (χ1) is 9.34. The number of anilines is 2. The van der Waals surface area contributed by atoms with Gasteiger partial charge in [-0.1, -0.05) is 34.5 Å². The third-order valence-corrected chi connectivity index (χ3v) is 4.77. The maximum atomic E-state index is 12.3. The van der Waals surface area contributed by atoms with Gasteiger partial charge < -0.3 is 16.2 Å². The number of rotatable bonds is 1. The Kier molecular flexibility index (Phi) is 2.95. The van der Waals surface area contributed by atoms with Gasteiger partial charge in [0.2, 0.25) is 5.60 Å². The molecule has 104 valence electrons. The van der Waals surface area contributed by atoms with Crippen molar-refractivity contribution in [3.05, 3.63) is 38.3 Å². The molecule has 3 rings (SSSR count). The summed E-state index contributed by atoms with van der Waals surface area (Å²) in [5.41, 5.74) is 4.93. The summed E-state index contributed by atoms with van der Waals surface area (Å²) in [6, 6.07) is 3.01. The van der Waals surface area contributed by atoms with Crippen molar-refractivity contribution in [2.24, 2.45) is 0 Å². The number of nitrogens with one attached hydrogen (secondary N) is 1. The lowest BCUT2D eigenvalue weighted by molar-refractivity contribution is -0.129. The lowest BCUT2D eigenvalue weighted by atomic mass is 9.93. The number of aromatic nitrogens is 1. The number of nitrogens with zero attached hydrogens (tertiary/aromatic N) is 1. The predicted octanol–water partition coefficient (Wildman–Crippen LogP) is 2.53. The van der Waals surface area contributed by atoms with Crippen molar-refractivity contribution in [3.8, 4) is 0 Å². The van der Waals surface area contributed by atoms with E-state index in [1.165, 1.54) is 12.1 Å². The number of carbonyl (C=O) groups is 1. The number of aliphatic hydroxyl groups is 1. The number of nitrogens with two attached hydrogens (primary N) is 1. The molecule has 0 spiro atoms. The second kappa shape index (κ2) is 4.33. The zero-order valence-electron chi connectivity index (χ0n) is 10.2. The third kappa shape index (κ3) is 1.73. The van der Waals surface area contributed by atoms with E-state index < -0.39 is 11.5 Å². The van der Waals surface area contributed by atoms with Crippen LogP contribution < -0.4 is 11.1 Å². The summed E-state index contributed by atoms with van der Waals surface area (Å²) in [6.07, 6.45) is 0. The zero-order chi connectivity index (χ0) is 14.7. The minimum Gasteiger partial charge on any atom is -0.375 e. The second-order valence-corrected chi connectivity index (χ2v) is 6.32. The molecule has 0 saturated carbocycles. The number of benzene rings is 1.